The lowest BCUT2D eigenvalue weighted by molar-refractivity contribution is -0.148. The lowest BCUT2D eigenvalue weighted by Gasteiger charge is -2.45. The number of pyridine rings is 2. The van der Waals surface area contributed by atoms with Crippen molar-refractivity contribution in [3.63, 3.8) is 0 Å². The van der Waals surface area contributed by atoms with Gasteiger partial charge in [-0.05, 0) is 47.5 Å². The minimum Gasteiger partial charge on any atom is -0.468 e. The summed E-state index contributed by atoms with van der Waals surface area (Å²) in [6.07, 6.45) is 0. The number of benzene rings is 2. The van der Waals surface area contributed by atoms with Gasteiger partial charge in [-0.1, -0.05) is 24.3 Å². The highest BCUT2D eigenvalue weighted by molar-refractivity contribution is 5.89. The molecule has 2 aromatic heterocycles. The number of nitriles is 1. The summed E-state index contributed by atoms with van der Waals surface area (Å²) in [6.45, 7) is 0.924. The second-order valence-electron chi connectivity index (χ2n) is 9.33. The van der Waals surface area contributed by atoms with Gasteiger partial charge in [0, 0.05) is 32.7 Å². The molecule has 1 aliphatic rings. The highest BCUT2D eigenvalue weighted by atomic mass is 19.1. The number of carbonyl (C=O) groups excluding carboxylic acids is 1. The van der Waals surface area contributed by atoms with Crippen LogP contribution in [0.3, 0.4) is 0 Å². The first-order valence-electron chi connectivity index (χ1n) is 12.3. The fourth-order valence-corrected chi connectivity index (χ4v) is 5.15. The molecule has 198 valence electrons. The van der Waals surface area contributed by atoms with E-state index in [1.807, 2.05) is 15.9 Å². The summed E-state index contributed by atoms with van der Waals surface area (Å²) in [6, 6.07) is 17.4. The third kappa shape index (κ3) is 4.96. The molecule has 4 aromatic rings. The molecule has 5 rings (SSSR count). The second-order valence-corrected chi connectivity index (χ2v) is 9.33. The average molecular weight is 530 g/mol. The van der Waals surface area contributed by atoms with Gasteiger partial charge in [0.25, 0.3) is 5.56 Å². The number of aromatic nitrogens is 2. The zero-order chi connectivity index (χ0) is 27.7. The van der Waals surface area contributed by atoms with Crippen molar-refractivity contribution in [3.05, 3.63) is 106 Å². The lowest BCUT2D eigenvalue weighted by atomic mass is 9.94. The van der Waals surface area contributed by atoms with E-state index < -0.39 is 29.7 Å². The maximum atomic E-state index is 13.8. The number of esters is 1. The molecule has 0 N–H and O–H groups in total. The maximum Gasteiger partial charge on any atom is 0.324 e. The molecule has 10 heteroatoms. The van der Waals surface area contributed by atoms with Crippen molar-refractivity contribution in [2.24, 2.45) is 7.05 Å². The number of carbonyl (C=O) groups is 1. The van der Waals surface area contributed by atoms with Crippen LogP contribution in [0.4, 0.5) is 14.5 Å². The number of fused-ring (bicyclic) bond motifs is 1. The highest BCUT2D eigenvalue weighted by Crippen LogP contribution is 2.34. The Morgan fingerprint density at radius 3 is 2.21 bits per heavy atom. The van der Waals surface area contributed by atoms with Gasteiger partial charge in [-0.15, -0.1) is 0 Å². The van der Waals surface area contributed by atoms with Crippen molar-refractivity contribution >= 4 is 22.7 Å². The predicted octanol–water partition coefficient (Wildman–Crippen LogP) is 3.54. The van der Waals surface area contributed by atoms with Crippen molar-refractivity contribution in [1.29, 1.82) is 5.26 Å². The summed E-state index contributed by atoms with van der Waals surface area (Å²) >= 11 is 0. The van der Waals surface area contributed by atoms with E-state index in [2.05, 4.69) is 4.98 Å². The Bertz CT molecular complexity index is 1590. The molecular formula is C29H25F2N5O3. The van der Waals surface area contributed by atoms with Crippen molar-refractivity contribution in [1.82, 2.24) is 14.5 Å². The minimum atomic E-state index is -0.790. The number of piperazine rings is 1. The van der Waals surface area contributed by atoms with Crippen LogP contribution in [-0.4, -0.2) is 53.2 Å². The monoisotopic (exact) mass is 529 g/mol. The van der Waals surface area contributed by atoms with Gasteiger partial charge >= 0.3 is 5.97 Å². The lowest BCUT2D eigenvalue weighted by Crippen LogP contribution is -2.58. The molecule has 1 atom stereocenters. The molecule has 2 aromatic carbocycles. The van der Waals surface area contributed by atoms with Gasteiger partial charge in [-0.2, -0.15) is 5.26 Å². The molecule has 0 aliphatic carbocycles. The van der Waals surface area contributed by atoms with E-state index in [0.717, 1.165) is 11.1 Å². The smallest absolute Gasteiger partial charge is 0.324 e. The number of hydrogen-bond donors (Lipinski definition) is 0. The number of halogens is 2. The summed E-state index contributed by atoms with van der Waals surface area (Å²) in [4.78, 5) is 34.3. The fraction of sp³-hybridized carbons (Fsp3) is 0.241. The topological polar surface area (TPSA) is 91.5 Å². The minimum absolute atomic E-state index is 0.159. The summed E-state index contributed by atoms with van der Waals surface area (Å²) in [5, 5.41) is 9.41. The molecule has 8 nitrogen and oxygen atoms in total. The van der Waals surface area contributed by atoms with Crippen LogP contribution in [0.5, 0.6) is 0 Å². The van der Waals surface area contributed by atoms with Gasteiger partial charge < -0.3 is 14.2 Å². The number of rotatable bonds is 5. The molecule has 3 heterocycles. The Morgan fingerprint density at radius 1 is 1.03 bits per heavy atom. The van der Waals surface area contributed by atoms with Gasteiger partial charge in [0.15, 0.2) is 0 Å². The van der Waals surface area contributed by atoms with Crippen LogP contribution in [0.15, 0.2) is 71.5 Å². The van der Waals surface area contributed by atoms with Crippen molar-refractivity contribution in [2.75, 3.05) is 31.6 Å². The number of nitrogens with zero attached hydrogens (tertiary/aromatic N) is 5. The summed E-state index contributed by atoms with van der Waals surface area (Å²) in [5.41, 5.74) is 2.95. The molecular weight excluding hydrogens is 504 g/mol. The summed E-state index contributed by atoms with van der Waals surface area (Å²) < 4.78 is 34.2. The molecule has 39 heavy (non-hydrogen) atoms. The van der Waals surface area contributed by atoms with E-state index in [4.69, 9.17) is 4.74 Å². The van der Waals surface area contributed by atoms with Gasteiger partial charge in [0.2, 0.25) is 0 Å². The van der Waals surface area contributed by atoms with Crippen LogP contribution in [-0.2, 0) is 16.6 Å². The number of ether oxygens (including phenoxy) is 1. The zero-order valence-corrected chi connectivity index (χ0v) is 21.3. The second kappa shape index (κ2) is 10.6. The van der Waals surface area contributed by atoms with E-state index in [0.29, 0.717) is 29.8 Å². The normalized spacial score (nSPS) is 15.9. The molecule has 0 amide bonds. The first-order chi connectivity index (χ1) is 18.8. The SMILES string of the molecule is COC(=O)C1CN(c2cc(=O)n(C)c3ccc(C#N)nc23)CCN1C(c1ccc(F)cc1)c1ccc(F)cc1. The van der Waals surface area contributed by atoms with Crippen LogP contribution in [0.1, 0.15) is 22.9 Å². The van der Waals surface area contributed by atoms with E-state index in [1.54, 1.807) is 43.4 Å². The van der Waals surface area contributed by atoms with Crippen LogP contribution in [0.2, 0.25) is 0 Å². The standard InChI is InChI=1S/C29H25F2N5O3/c1-34-23-12-11-22(16-32)33-27(23)24(15-26(34)37)35-13-14-36(25(17-35)29(38)39-2)28(18-3-7-20(30)8-4-18)19-5-9-21(31)10-6-19/h3-12,15,25,28H,13-14,17H2,1-2H3. The first kappa shape index (κ1) is 26.0. The van der Waals surface area contributed by atoms with Crippen LogP contribution in [0.25, 0.3) is 11.0 Å². The molecule has 1 aliphatic heterocycles. The van der Waals surface area contributed by atoms with Crippen LogP contribution < -0.4 is 10.5 Å². The Hall–Kier alpha value is -4.62. The van der Waals surface area contributed by atoms with Gasteiger partial charge in [0.05, 0.1) is 24.4 Å². The van der Waals surface area contributed by atoms with E-state index in [9.17, 15) is 23.6 Å². The van der Waals surface area contributed by atoms with E-state index in [1.165, 1.54) is 42.0 Å². The van der Waals surface area contributed by atoms with Crippen molar-refractivity contribution in [2.45, 2.75) is 12.1 Å². The van der Waals surface area contributed by atoms with Crippen molar-refractivity contribution in [3.8, 4) is 6.07 Å². The van der Waals surface area contributed by atoms with Crippen LogP contribution >= 0.6 is 0 Å². The van der Waals surface area contributed by atoms with E-state index in [-0.39, 0.29) is 17.8 Å². The average Bonchev–Trinajstić information content (AvgIpc) is 2.96. The summed E-state index contributed by atoms with van der Waals surface area (Å²) in [5.74, 6) is -1.28. The van der Waals surface area contributed by atoms with Gasteiger partial charge in [0.1, 0.15) is 35.0 Å². The quantitative estimate of drug-likeness (QED) is 0.365. The fourth-order valence-electron chi connectivity index (χ4n) is 5.15. The Labute approximate surface area is 223 Å². The predicted molar refractivity (Wildman–Crippen MR) is 141 cm³/mol. The zero-order valence-electron chi connectivity index (χ0n) is 21.3. The first-order valence-corrected chi connectivity index (χ1v) is 12.3. The van der Waals surface area contributed by atoms with Gasteiger partial charge in [-0.25, -0.2) is 13.8 Å². The third-order valence-electron chi connectivity index (χ3n) is 7.12. The number of aryl methyl sites for hydroxylation is 1. The Kier molecular flexibility index (Phi) is 7.09. The molecule has 1 fully saturated rings. The number of hydrogen-bond acceptors (Lipinski definition) is 7. The third-order valence-corrected chi connectivity index (χ3v) is 7.12. The maximum absolute atomic E-state index is 13.8. The summed E-state index contributed by atoms with van der Waals surface area (Å²) in [7, 11) is 2.94. The molecule has 0 saturated carbocycles. The van der Waals surface area contributed by atoms with E-state index >= 15 is 0 Å². The van der Waals surface area contributed by atoms with Crippen LogP contribution in [0, 0.1) is 23.0 Å². The van der Waals surface area contributed by atoms with Gasteiger partial charge in [-0.3, -0.25) is 14.5 Å². The molecule has 0 bridgehead atoms. The highest BCUT2D eigenvalue weighted by Gasteiger charge is 2.39. The van der Waals surface area contributed by atoms with Crippen molar-refractivity contribution < 1.29 is 18.3 Å². The number of anilines is 1. The largest absolute Gasteiger partial charge is 0.468 e. The Morgan fingerprint density at radius 2 is 1.64 bits per heavy atom. The molecule has 0 radical (unpaired) electrons. The number of methoxy groups -OCH3 is 1. The Balaban J connectivity index is 1.59. The molecule has 0 spiro atoms. The molecule has 1 saturated heterocycles. The molecule has 1 unspecified atom stereocenters.